The van der Waals surface area contributed by atoms with Crippen molar-refractivity contribution in [3.05, 3.63) is 130 Å². The van der Waals surface area contributed by atoms with Gasteiger partial charge in [0.25, 0.3) is 0 Å². The minimum Gasteiger partial charge on any atom is -0.289 e. The Morgan fingerprint density at radius 2 is 0.974 bits per heavy atom. The average Bonchev–Trinajstić information content (AvgIpc) is 2.88. The maximum Gasteiger partial charge on any atom is 0.237 e. The van der Waals surface area contributed by atoms with Crippen molar-refractivity contribution in [2.75, 3.05) is 9.44 Å². The summed E-state index contributed by atoms with van der Waals surface area (Å²) in [6.07, 6.45) is 0. The van der Waals surface area contributed by atoms with Crippen molar-refractivity contribution in [1.29, 1.82) is 0 Å². The second kappa shape index (κ2) is 9.88. The van der Waals surface area contributed by atoms with Gasteiger partial charge in [0.2, 0.25) is 20.0 Å². The number of carbonyl (C=O) groups is 2. The zero-order chi connectivity index (χ0) is 26.9. The molecule has 0 saturated heterocycles. The van der Waals surface area contributed by atoms with E-state index in [1.54, 1.807) is 72.8 Å². The molecule has 0 atom stereocenters. The number of sulfonamides is 2. The number of fused-ring (bicyclic) bond motifs is 2. The highest BCUT2D eigenvalue weighted by Crippen LogP contribution is 2.38. The van der Waals surface area contributed by atoms with Crippen LogP contribution >= 0.6 is 0 Å². The van der Waals surface area contributed by atoms with E-state index >= 15 is 0 Å². The van der Waals surface area contributed by atoms with Crippen LogP contribution in [0.3, 0.4) is 0 Å². The molecular formula is C28H22N2O6S2. The van der Waals surface area contributed by atoms with Gasteiger partial charge in [-0.25, -0.2) is 16.8 Å². The second-order valence-electron chi connectivity index (χ2n) is 8.81. The largest absolute Gasteiger partial charge is 0.289 e. The molecule has 0 saturated carbocycles. The lowest BCUT2D eigenvalue weighted by molar-refractivity contribution is 0.0980. The molecule has 38 heavy (non-hydrogen) atoms. The molecule has 10 heteroatoms. The van der Waals surface area contributed by atoms with Crippen LogP contribution in [0.2, 0.25) is 0 Å². The topological polar surface area (TPSA) is 126 Å². The first-order chi connectivity index (χ1) is 18.1. The molecule has 8 nitrogen and oxygen atoms in total. The smallest absolute Gasteiger partial charge is 0.237 e. The van der Waals surface area contributed by atoms with E-state index in [4.69, 9.17) is 0 Å². The van der Waals surface area contributed by atoms with Gasteiger partial charge in [0, 0.05) is 16.7 Å². The van der Waals surface area contributed by atoms with E-state index in [-0.39, 0.29) is 39.4 Å². The third-order valence-corrected chi connectivity index (χ3v) is 8.49. The number of hydrogen-bond donors (Lipinski definition) is 2. The first-order valence-electron chi connectivity index (χ1n) is 11.6. The molecule has 0 spiro atoms. The third-order valence-electron chi connectivity index (χ3n) is 6.02. The summed E-state index contributed by atoms with van der Waals surface area (Å²) in [4.78, 5) is 26.8. The molecular weight excluding hydrogens is 524 g/mol. The minimum atomic E-state index is -4.12. The summed E-state index contributed by atoms with van der Waals surface area (Å²) in [6, 6.07) is 25.7. The van der Waals surface area contributed by atoms with Crippen molar-refractivity contribution in [2.24, 2.45) is 0 Å². The van der Waals surface area contributed by atoms with Gasteiger partial charge in [-0.05, 0) is 23.3 Å². The molecule has 1 aliphatic carbocycles. The van der Waals surface area contributed by atoms with Gasteiger partial charge >= 0.3 is 0 Å². The molecule has 0 heterocycles. The van der Waals surface area contributed by atoms with Gasteiger partial charge in [-0.2, -0.15) is 0 Å². The molecule has 0 bridgehead atoms. The normalized spacial score (nSPS) is 12.9. The molecule has 0 radical (unpaired) electrons. The highest BCUT2D eigenvalue weighted by Gasteiger charge is 2.34. The van der Waals surface area contributed by atoms with Gasteiger partial charge in [-0.1, -0.05) is 84.9 Å². The van der Waals surface area contributed by atoms with Crippen LogP contribution in [0.5, 0.6) is 0 Å². The number of hydrogen-bond acceptors (Lipinski definition) is 6. The van der Waals surface area contributed by atoms with Crippen molar-refractivity contribution in [1.82, 2.24) is 0 Å². The van der Waals surface area contributed by atoms with Crippen LogP contribution in [0.25, 0.3) is 0 Å². The molecule has 1 aliphatic rings. The molecule has 0 amide bonds. The quantitative estimate of drug-likeness (QED) is 0.298. The summed E-state index contributed by atoms with van der Waals surface area (Å²) in [5, 5.41) is 0. The van der Waals surface area contributed by atoms with Crippen LogP contribution in [-0.2, 0) is 31.6 Å². The molecule has 2 N–H and O–H groups in total. The standard InChI is InChI=1S/C28H22N2O6S2/c31-27-21-13-7-8-14-22(21)28(32)25-23(27)15-16-24(29-37(33,34)17-19-9-3-1-4-10-19)26(25)30-38(35,36)18-20-11-5-2-6-12-20/h1-16,29-30H,17-18H2. The lowest BCUT2D eigenvalue weighted by Crippen LogP contribution is -2.26. The van der Waals surface area contributed by atoms with E-state index in [0.717, 1.165) is 0 Å². The molecule has 0 fully saturated rings. The van der Waals surface area contributed by atoms with E-state index in [1.807, 2.05) is 0 Å². The first kappa shape index (κ1) is 25.4. The van der Waals surface area contributed by atoms with E-state index in [9.17, 15) is 26.4 Å². The molecule has 0 unspecified atom stereocenters. The predicted molar refractivity (Wildman–Crippen MR) is 145 cm³/mol. The fourth-order valence-electron chi connectivity index (χ4n) is 4.36. The predicted octanol–water partition coefficient (Wildman–Crippen LogP) is 4.35. The van der Waals surface area contributed by atoms with Crippen LogP contribution in [0.1, 0.15) is 43.0 Å². The van der Waals surface area contributed by atoms with Crippen LogP contribution in [0.4, 0.5) is 11.4 Å². The van der Waals surface area contributed by atoms with Gasteiger partial charge in [0.1, 0.15) is 0 Å². The molecule has 0 aliphatic heterocycles. The summed E-state index contributed by atoms with van der Waals surface area (Å²) in [5.41, 5.74) is 0.647. The van der Waals surface area contributed by atoms with Gasteiger partial charge in [0.05, 0.1) is 28.4 Å². The monoisotopic (exact) mass is 546 g/mol. The number of ketones is 2. The van der Waals surface area contributed by atoms with Gasteiger partial charge in [-0.15, -0.1) is 0 Å². The maximum atomic E-state index is 13.6. The highest BCUT2D eigenvalue weighted by molar-refractivity contribution is 7.92. The number of anilines is 2. The van der Waals surface area contributed by atoms with E-state index < -0.39 is 37.4 Å². The molecule has 4 aromatic carbocycles. The van der Waals surface area contributed by atoms with Crippen molar-refractivity contribution >= 4 is 43.0 Å². The fraction of sp³-hybridized carbons (Fsp3) is 0.0714. The zero-order valence-electron chi connectivity index (χ0n) is 19.9. The van der Waals surface area contributed by atoms with E-state index in [2.05, 4.69) is 9.44 Å². The molecule has 192 valence electrons. The Labute approximate surface area is 220 Å². The van der Waals surface area contributed by atoms with Crippen molar-refractivity contribution in [3.8, 4) is 0 Å². The lowest BCUT2D eigenvalue weighted by atomic mass is 9.83. The Balaban J connectivity index is 1.61. The van der Waals surface area contributed by atoms with Crippen molar-refractivity contribution in [3.63, 3.8) is 0 Å². The van der Waals surface area contributed by atoms with Crippen LogP contribution < -0.4 is 9.44 Å². The third kappa shape index (κ3) is 5.22. The molecule has 4 aromatic rings. The maximum absolute atomic E-state index is 13.6. The summed E-state index contributed by atoms with van der Waals surface area (Å²) in [5.74, 6) is -1.85. The Morgan fingerprint density at radius 3 is 1.53 bits per heavy atom. The number of carbonyl (C=O) groups excluding carboxylic acids is 2. The first-order valence-corrected chi connectivity index (χ1v) is 14.9. The van der Waals surface area contributed by atoms with Gasteiger partial charge in [-0.3, -0.25) is 19.0 Å². The Kier molecular flexibility index (Phi) is 6.60. The summed E-state index contributed by atoms with van der Waals surface area (Å²) < 4.78 is 57.3. The zero-order valence-corrected chi connectivity index (χ0v) is 21.6. The number of nitrogens with one attached hydrogen (secondary N) is 2. The van der Waals surface area contributed by atoms with E-state index in [1.165, 1.54) is 24.3 Å². The Hall–Kier alpha value is -4.28. The van der Waals surface area contributed by atoms with Crippen molar-refractivity contribution in [2.45, 2.75) is 11.5 Å². The second-order valence-corrected chi connectivity index (χ2v) is 12.3. The van der Waals surface area contributed by atoms with Gasteiger partial charge < -0.3 is 0 Å². The van der Waals surface area contributed by atoms with Crippen molar-refractivity contribution < 1.29 is 26.4 Å². The van der Waals surface area contributed by atoms with Gasteiger partial charge in [0.15, 0.2) is 11.6 Å². The Bertz CT molecular complexity index is 1770. The SMILES string of the molecule is O=C1c2ccccc2C(=O)c2c1ccc(NS(=O)(=O)Cc1ccccc1)c2NS(=O)(=O)Cc1ccccc1. The average molecular weight is 547 g/mol. The molecule has 5 rings (SSSR count). The lowest BCUT2D eigenvalue weighted by Gasteiger charge is -2.23. The number of rotatable bonds is 8. The van der Waals surface area contributed by atoms with E-state index in [0.29, 0.717) is 11.1 Å². The Morgan fingerprint density at radius 1 is 0.500 bits per heavy atom. The number of benzene rings is 4. The van der Waals surface area contributed by atoms with Crippen LogP contribution in [0, 0.1) is 0 Å². The summed E-state index contributed by atoms with van der Waals surface area (Å²) in [7, 11) is -8.15. The van der Waals surface area contributed by atoms with Crippen LogP contribution in [0.15, 0.2) is 97.1 Å². The highest BCUT2D eigenvalue weighted by atomic mass is 32.2. The van der Waals surface area contributed by atoms with Crippen LogP contribution in [-0.4, -0.2) is 28.4 Å². The summed E-state index contributed by atoms with van der Waals surface area (Å²) >= 11 is 0. The molecule has 0 aromatic heterocycles. The summed E-state index contributed by atoms with van der Waals surface area (Å²) in [6.45, 7) is 0. The minimum absolute atomic E-state index is 0.0166. The fourth-order valence-corrected chi connectivity index (χ4v) is 6.80.